The van der Waals surface area contributed by atoms with E-state index in [1.165, 1.54) is 5.56 Å². The first kappa shape index (κ1) is 18.2. The van der Waals surface area contributed by atoms with E-state index in [1.54, 1.807) is 7.11 Å². The molecule has 1 saturated heterocycles. The van der Waals surface area contributed by atoms with E-state index >= 15 is 0 Å². The van der Waals surface area contributed by atoms with Crippen LogP contribution in [0.3, 0.4) is 0 Å². The lowest BCUT2D eigenvalue weighted by atomic mass is 9.96. The van der Waals surface area contributed by atoms with Crippen molar-refractivity contribution in [3.05, 3.63) is 51.7 Å². The lowest BCUT2D eigenvalue weighted by molar-refractivity contribution is 0.180. The van der Waals surface area contributed by atoms with Crippen molar-refractivity contribution in [1.82, 2.24) is 25.4 Å². The van der Waals surface area contributed by atoms with Crippen LogP contribution < -0.4 is 11.0 Å². The highest BCUT2D eigenvalue weighted by molar-refractivity contribution is 5.74. The highest BCUT2D eigenvalue weighted by Crippen LogP contribution is 2.24. The minimum atomic E-state index is -0.282. The summed E-state index contributed by atoms with van der Waals surface area (Å²) in [5.74, 6) is 0.885. The van der Waals surface area contributed by atoms with Gasteiger partial charge in [-0.15, -0.1) is 0 Å². The normalized spacial score (nSPS) is 15.2. The fourth-order valence-electron chi connectivity index (χ4n) is 3.23. The van der Waals surface area contributed by atoms with Gasteiger partial charge in [0.25, 0.3) is 0 Å². The first-order valence-electron chi connectivity index (χ1n) is 8.90. The molecule has 0 radical (unpaired) electrons. The molecule has 1 aliphatic rings. The van der Waals surface area contributed by atoms with E-state index < -0.39 is 0 Å². The molecule has 8 heteroatoms. The SMILES string of the molecule is COCc1ccc(CCNC(=O)N2CCC(c3n[nH]c(=O)[nH]3)CC2)cc1. The first-order valence-corrected chi connectivity index (χ1v) is 8.90. The summed E-state index contributed by atoms with van der Waals surface area (Å²) < 4.78 is 5.10. The smallest absolute Gasteiger partial charge is 0.340 e. The third-order valence-electron chi connectivity index (χ3n) is 4.71. The van der Waals surface area contributed by atoms with Gasteiger partial charge in [-0.25, -0.2) is 14.7 Å². The molecule has 26 heavy (non-hydrogen) atoms. The highest BCUT2D eigenvalue weighted by atomic mass is 16.5. The molecule has 0 atom stereocenters. The number of hydrogen-bond donors (Lipinski definition) is 3. The second-order valence-electron chi connectivity index (χ2n) is 6.56. The molecular weight excluding hydrogens is 334 g/mol. The Bertz CT molecular complexity index is 760. The quantitative estimate of drug-likeness (QED) is 0.725. The number of urea groups is 1. The molecular formula is C18H25N5O3. The van der Waals surface area contributed by atoms with Crippen molar-refractivity contribution in [3.63, 3.8) is 0 Å². The molecule has 0 spiro atoms. The Morgan fingerprint density at radius 2 is 1.96 bits per heavy atom. The predicted molar refractivity (Wildman–Crippen MR) is 97.0 cm³/mol. The number of aromatic nitrogens is 3. The molecule has 3 rings (SSSR count). The van der Waals surface area contributed by atoms with Gasteiger partial charge in [0.05, 0.1) is 6.61 Å². The average Bonchev–Trinajstić information content (AvgIpc) is 3.10. The summed E-state index contributed by atoms with van der Waals surface area (Å²) in [6.07, 6.45) is 2.40. The third-order valence-corrected chi connectivity index (χ3v) is 4.71. The van der Waals surface area contributed by atoms with Crippen molar-refractivity contribution in [2.24, 2.45) is 0 Å². The van der Waals surface area contributed by atoms with Crippen molar-refractivity contribution < 1.29 is 9.53 Å². The van der Waals surface area contributed by atoms with Gasteiger partial charge in [-0.2, -0.15) is 5.10 Å². The van der Waals surface area contributed by atoms with Gasteiger partial charge in [0, 0.05) is 32.7 Å². The maximum Gasteiger partial charge on any atom is 0.340 e. The molecule has 140 valence electrons. The fraction of sp³-hybridized carbons (Fsp3) is 0.500. The molecule has 0 saturated carbocycles. The van der Waals surface area contributed by atoms with Crippen molar-refractivity contribution in [2.75, 3.05) is 26.7 Å². The van der Waals surface area contributed by atoms with E-state index in [4.69, 9.17) is 4.74 Å². The average molecular weight is 359 g/mol. The second-order valence-corrected chi connectivity index (χ2v) is 6.56. The van der Waals surface area contributed by atoms with E-state index in [2.05, 4.69) is 32.6 Å². The van der Waals surface area contributed by atoms with Crippen LogP contribution >= 0.6 is 0 Å². The molecule has 0 aliphatic carbocycles. The number of carbonyl (C=O) groups excluding carboxylic acids is 1. The minimum Gasteiger partial charge on any atom is -0.380 e. The number of methoxy groups -OCH3 is 1. The molecule has 1 fully saturated rings. The number of carbonyl (C=O) groups is 1. The Morgan fingerprint density at radius 1 is 1.27 bits per heavy atom. The number of piperidine rings is 1. The number of aromatic amines is 2. The highest BCUT2D eigenvalue weighted by Gasteiger charge is 2.25. The topological polar surface area (TPSA) is 103 Å². The minimum absolute atomic E-state index is 0.0324. The maximum atomic E-state index is 12.3. The number of amides is 2. The number of likely N-dealkylation sites (tertiary alicyclic amines) is 1. The van der Waals surface area contributed by atoms with Crippen molar-refractivity contribution in [2.45, 2.75) is 31.8 Å². The molecule has 0 unspecified atom stereocenters. The lowest BCUT2D eigenvalue weighted by Gasteiger charge is -2.31. The van der Waals surface area contributed by atoms with Gasteiger partial charge in [0.1, 0.15) is 5.82 Å². The monoisotopic (exact) mass is 359 g/mol. The van der Waals surface area contributed by atoms with E-state index in [1.807, 2.05) is 17.0 Å². The van der Waals surface area contributed by atoms with Gasteiger partial charge in [-0.05, 0) is 30.4 Å². The van der Waals surface area contributed by atoms with E-state index in [0.717, 1.165) is 24.8 Å². The van der Waals surface area contributed by atoms with Crippen LogP contribution in [0.1, 0.15) is 35.7 Å². The number of benzene rings is 1. The van der Waals surface area contributed by atoms with Crippen molar-refractivity contribution in [1.29, 1.82) is 0 Å². The molecule has 0 bridgehead atoms. The van der Waals surface area contributed by atoms with Gasteiger partial charge in [0.15, 0.2) is 0 Å². The van der Waals surface area contributed by atoms with Crippen LogP contribution in [0.2, 0.25) is 0 Å². The molecule has 3 N–H and O–H groups in total. The Kier molecular flexibility index (Phi) is 6.06. The van der Waals surface area contributed by atoms with Crippen molar-refractivity contribution in [3.8, 4) is 0 Å². The zero-order valence-corrected chi connectivity index (χ0v) is 15.0. The van der Waals surface area contributed by atoms with Crippen LogP contribution in [-0.2, 0) is 17.8 Å². The number of ether oxygens (including phenoxy) is 1. The van der Waals surface area contributed by atoms with E-state index in [9.17, 15) is 9.59 Å². The van der Waals surface area contributed by atoms with Crippen LogP contribution in [0.25, 0.3) is 0 Å². The number of H-pyrrole nitrogens is 2. The number of rotatable bonds is 6. The second kappa shape index (κ2) is 8.66. The third kappa shape index (κ3) is 4.72. The summed E-state index contributed by atoms with van der Waals surface area (Å²) in [5.41, 5.74) is 2.04. The zero-order valence-electron chi connectivity index (χ0n) is 15.0. The zero-order chi connectivity index (χ0) is 18.4. The maximum absolute atomic E-state index is 12.3. The number of nitrogens with zero attached hydrogens (tertiary/aromatic N) is 2. The number of nitrogens with one attached hydrogen (secondary N) is 3. The lowest BCUT2D eigenvalue weighted by Crippen LogP contribution is -2.44. The Balaban J connectivity index is 1.39. The molecule has 1 aliphatic heterocycles. The predicted octanol–water partition coefficient (Wildman–Crippen LogP) is 1.38. The standard InChI is InChI=1S/C18H25N5O3/c1-26-12-14-4-2-13(3-5-14)6-9-19-18(25)23-10-7-15(8-11-23)16-20-17(24)22-21-16/h2-5,15H,6-12H2,1H3,(H,19,25)(H2,20,21,22,24). The van der Waals surface area contributed by atoms with Crippen molar-refractivity contribution >= 4 is 6.03 Å². The summed E-state index contributed by atoms with van der Waals surface area (Å²) in [7, 11) is 1.68. The summed E-state index contributed by atoms with van der Waals surface area (Å²) >= 11 is 0. The Hall–Kier alpha value is -2.61. The fourth-order valence-corrected chi connectivity index (χ4v) is 3.23. The van der Waals surface area contributed by atoms with Gasteiger partial charge < -0.3 is 15.0 Å². The van der Waals surface area contributed by atoms with Crippen LogP contribution in [0.4, 0.5) is 4.79 Å². The summed E-state index contributed by atoms with van der Waals surface area (Å²) in [6, 6.07) is 8.19. The van der Waals surface area contributed by atoms with Gasteiger partial charge in [-0.1, -0.05) is 24.3 Å². The van der Waals surface area contributed by atoms with Gasteiger partial charge in [-0.3, -0.25) is 4.98 Å². The van der Waals surface area contributed by atoms with Crippen LogP contribution in [0, 0.1) is 0 Å². The molecule has 1 aromatic carbocycles. The van der Waals surface area contributed by atoms with Crippen LogP contribution in [0.15, 0.2) is 29.1 Å². The largest absolute Gasteiger partial charge is 0.380 e. The molecule has 2 aromatic rings. The molecule has 1 aromatic heterocycles. The van der Waals surface area contributed by atoms with Crippen LogP contribution in [0.5, 0.6) is 0 Å². The van der Waals surface area contributed by atoms with Gasteiger partial charge in [0.2, 0.25) is 0 Å². The summed E-state index contributed by atoms with van der Waals surface area (Å²) in [4.78, 5) is 28.0. The van der Waals surface area contributed by atoms with E-state index in [0.29, 0.717) is 32.1 Å². The molecule has 2 amide bonds. The van der Waals surface area contributed by atoms with Crippen LogP contribution in [-0.4, -0.2) is 52.9 Å². The Morgan fingerprint density at radius 3 is 2.58 bits per heavy atom. The summed E-state index contributed by atoms with van der Waals surface area (Å²) in [5, 5.41) is 9.37. The molecule has 2 heterocycles. The number of hydrogen-bond acceptors (Lipinski definition) is 4. The molecule has 8 nitrogen and oxygen atoms in total. The van der Waals surface area contributed by atoms with Gasteiger partial charge >= 0.3 is 11.7 Å². The summed E-state index contributed by atoms with van der Waals surface area (Å²) in [6.45, 7) is 2.54. The first-order chi connectivity index (χ1) is 12.7. The van der Waals surface area contributed by atoms with E-state index in [-0.39, 0.29) is 17.6 Å². The Labute approximate surface area is 151 Å².